The summed E-state index contributed by atoms with van der Waals surface area (Å²) in [4.78, 5) is 23.0. The van der Waals surface area contributed by atoms with Gasteiger partial charge in [-0.3, -0.25) is 9.59 Å². The Balaban J connectivity index is 2.32. The number of amides is 2. The van der Waals surface area contributed by atoms with Crippen molar-refractivity contribution in [3.8, 4) is 0 Å². The van der Waals surface area contributed by atoms with Crippen LogP contribution in [0.4, 0.5) is 0 Å². The largest absolute Gasteiger partial charge is 0.444 e. The molecule has 6 nitrogen and oxygen atoms in total. The zero-order chi connectivity index (χ0) is 13.5. The highest BCUT2D eigenvalue weighted by Gasteiger charge is 2.12. The van der Waals surface area contributed by atoms with Crippen LogP contribution >= 0.6 is 15.9 Å². The number of carbonyl (C=O) groups is 2. The zero-order valence-corrected chi connectivity index (χ0v) is 11.7. The van der Waals surface area contributed by atoms with Crippen molar-refractivity contribution in [2.75, 3.05) is 20.3 Å². The van der Waals surface area contributed by atoms with Gasteiger partial charge in [0, 0.05) is 13.2 Å². The summed E-state index contributed by atoms with van der Waals surface area (Å²) in [5.41, 5.74) is 0. The zero-order valence-electron chi connectivity index (χ0n) is 10.2. The standard InChI is InChI=1S/C11H15BrN2O4/c1-7(6-17-2)14-10(15)5-13-11(16)8-3-4-9(12)18-8/h3-4,7H,5-6H2,1-2H3,(H,13,16)(H,14,15). The van der Waals surface area contributed by atoms with Crippen LogP contribution < -0.4 is 10.6 Å². The van der Waals surface area contributed by atoms with Crippen molar-refractivity contribution in [1.29, 1.82) is 0 Å². The Morgan fingerprint density at radius 1 is 1.50 bits per heavy atom. The number of halogens is 1. The Bertz CT molecular complexity index is 419. The minimum absolute atomic E-state index is 0.0999. The van der Waals surface area contributed by atoms with E-state index in [2.05, 4.69) is 26.6 Å². The molecule has 7 heteroatoms. The first-order valence-corrected chi connectivity index (χ1v) is 6.14. The molecule has 1 atom stereocenters. The third kappa shape index (κ3) is 4.89. The van der Waals surface area contributed by atoms with Gasteiger partial charge in [-0.05, 0) is 35.0 Å². The van der Waals surface area contributed by atoms with Crippen molar-refractivity contribution >= 4 is 27.7 Å². The molecule has 1 aromatic rings. The van der Waals surface area contributed by atoms with Gasteiger partial charge in [0.25, 0.3) is 5.91 Å². The molecule has 0 fully saturated rings. The summed E-state index contributed by atoms with van der Waals surface area (Å²) in [6, 6.07) is 3.03. The van der Waals surface area contributed by atoms with Gasteiger partial charge in [-0.1, -0.05) is 0 Å². The van der Waals surface area contributed by atoms with Gasteiger partial charge in [-0.15, -0.1) is 0 Å². The number of furan rings is 1. The fourth-order valence-corrected chi connectivity index (χ4v) is 1.61. The van der Waals surface area contributed by atoms with E-state index in [1.165, 1.54) is 6.07 Å². The Morgan fingerprint density at radius 3 is 2.78 bits per heavy atom. The minimum atomic E-state index is -0.435. The van der Waals surface area contributed by atoms with Crippen molar-refractivity contribution in [2.24, 2.45) is 0 Å². The average Bonchev–Trinajstić information content (AvgIpc) is 2.73. The highest BCUT2D eigenvalue weighted by molar-refractivity contribution is 9.10. The van der Waals surface area contributed by atoms with E-state index in [1.54, 1.807) is 13.2 Å². The monoisotopic (exact) mass is 318 g/mol. The maximum Gasteiger partial charge on any atom is 0.287 e. The maximum atomic E-state index is 11.5. The summed E-state index contributed by atoms with van der Waals surface area (Å²) in [7, 11) is 1.55. The highest BCUT2D eigenvalue weighted by Crippen LogP contribution is 2.13. The van der Waals surface area contributed by atoms with E-state index in [1.807, 2.05) is 6.92 Å². The van der Waals surface area contributed by atoms with E-state index in [4.69, 9.17) is 9.15 Å². The molecule has 2 amide bonds. The maximum absolute atomic E-state index is 11.5. The van der Waals surface area contributed by atoms with Crippen LogP contribution in [-0.2, 0) is 9.53 Å². The van der Waals surface area contributed by atoms with E-state index in [0.29, 0.717) is 11.3 Å². The van der Waals surface area contributed by atoms with Crippen molar-refractivity contribution in [2.45, 2.75) is 13.0 Å². The van der Waals surface area contributed by atoms with Gasteiger partial charge in [0.1, 0.15) is 0 Å². The second-order valence-electron chi connectivity index (χ2n) is 3.71. The molecule has 1 aromatic heterocycles. The third-order valence-electron chi connectivity index (χ3n) is 2.03. The van der Waals surface area contributed by atoms with Crippen LogP contribution in [0.3, 0.4) is 0 Å². The third-order valence-corrected chi connectivity index (χ3v) is 2.46. The fourth-order valence-electron chi connectivity index (χ4n) is 1.30. The lowest BCUT2D eigenvalue weighted by Crippen LogP contribution is -2.42. The van der Waals surface area contributed by atoms with Gasteiger partial charge in [0.2, 0.25) is 5.91 Å². The van der Waals surface area contributed by atoms with E-state index < -0.39 is 5.91 Å². The van der Waals surface area contributed by atoms with Crippen LogP contribution in [0.2, 0.25) is 0 Å². The summed E-state index contributed by atoms with van der Waals surface area (Å²) in [6.45, 7) is 2.13. The molecule has 0 bridgehead atoms. The van der Waals surface area contributed by atoms with Crippen molar-refractivity contribution < 1.29 is 18.7 Å². The summed E-state index contributed by atoms with van der Waals surface area (Å²) >= 11 is 3.09. The van der Waals surface area contributed by atoms with Crippen LogP contribution in [0.1, 0.15) is 17.5 Å². The van der Waals surface area contributed by atoms with Crippen LogP contribution in [0.5, 0.6) is 0 Å². The van der Waals surface area contributed by atoms with E-state index >= 15 is 0 Å². The molecule has 2 N–H and O–H groups in total. The molecule has 0 saturated carbocycles. The van der Waals surface area contributed by atoms with Crippen molar-refractivity contribution in [1.82, 2.24) is 10.6 Å². The molecule has 1 unspecified atom stereocenters. The molecular weight excluding hydrogens is 304 g/mol. The lowest BCUT2D eigenvalue weighted by Gasteiger charge is -2.12. The Hall–Kier alpha value is -1.34. The summed E-state index contributed by atoms with van der Waals surface area (Å²) < 4.78 is 10.4. The molecule has 0 saturated heterocycles. The van der Waals surface area contributed by atoms with Crippen LogP contribution in [0, 0.1) is 0 Å². The first-order chi connectivity index (χ1) is 8.52. The number of hydrogen-bond acceptors (Lipinski definition) is 4. The van der Waals surface area contributed by atoms with Gasteiger partial charge in [0.05, 0.1) is 13.2 Å². The smallest absolute Gasteiger partial charge is 0.287 e. The van der Waals surface area contributed by atoms with E-state index in [9.17, 15) is 9.59 Å². The lowest BCUT2D eigenvalue weighted by atomic mass is 10.3. The summed E-state index contributed by atoms with van der Waals surface area (Å²) in [5, 5.41) is 5.13. The molecular formula is C11H15BrN2O4. The van der Waals surface area contributed by atoms with Gasteiger partial charge >= 0.3 is 0 Å². The molecule has 0 aliphatic rings. The van der Waals surface area contributed by atoms with E-state index in [-0.39, 0.29) is 24.3 Å². The number of methoxy groups -OCH3 is 1. The normalized spacial score (nSPS) is 11.9. The molecule has 18 heavy (non-hydrogen) atoms. The Kier molecular flexibility index (Phi) is 5.87. The van der Waals surface area contributed by atoms with Crippen LogP contribution in [0.25, 0.3) is 0 Å². The van der Waals surface area contributed by atoms with Gasteiger partial charge in [0.15, 0.2) is 10.4 Å². The van der Waals surface area contributed by atoms with Crippen LogP contribution in [-0.4, -0.2) is 38.1 Å². The molecule has 1 heterocycles. The molecule has 0 aliphatic heterocycles. The molecule has 0 aliphatic carbocycles. The second-order valence-corrected chi connectivity index (χ2v) is 4.49. The predicted molar refractivity (Wildman–Crippen MR) is 68.2 cm³/mol. The highest BCUT2D eigenvalue weighted by atomic mass is 79.9. The molecule has 100 valence electrons. The number of carbonyl (C=O) groups excluding carboxylic acids is 2. The second kappa shape index (κ2) is 7.17. The number of hydrogen-bond donors (Lipinski definition) is 2. The number of nitrogens with one attached hydrogen (secondary N) is 2. The molecule has 0 aromatic carbocycles. The van der Waals surface area contributed by atoms with E-state index in [0.717, 1.165) is 0 Å². The molecule has 0 spiro atoms. The predicted octanol–water partition coefficient (Wildman–Crippen LogP) is 0.923. The summed E-state index contributed by atoms with van der Waals surface area (Å²) in [6.07, 6.45) is 0. The van der Waals surface area contributed by atoms with Gasteiger partial charge in [-0.2, -0.15) is 0 Å². The Morgan fingerprint density at radius 2 is 2.22 bits per heavy atom. The van der Waals surface area contributed by atoms with Crippen molar-refractivity contribution in [3.05, 3.63) is 22.6 Å². The number of rotatable bonds is 6. The van der Waals surface area contributed by atoms with Crippen molar-refractivity contribution in [3.63, 3.8) is 0 Å². The Labute approximate surface area is 113 Å². The summed E-state index contributed by atoms with van der Waals surface area (Å²) in [5.74, 6) is -0.562. The molecule has 0 radical (unpaired) electrons. The average molecular weight is 319 g/mol. The first kappa shape index (κ1) is 14.7. The fraction of sp³-hybridized carbons (Fsp3) is 0.455. The van der Waals surface area contributed by atoms with Gasteiger partial charge in [-0.25, -0.2) is 0 Å². The minimum Gasteiger partial charge on any atom is -0.444 e. The topological polar surface area (TPSA) is 80.6 Å². The number of ether oxygens (including phenoxy) is 1. The lowest BCUT2D eigenvalue weighted by molar-refractivity contribution is -0.121. The first-order valence-electron chi connectivity index (χ1n) is 5.34. The van der Waals surface area contributed by atoms with Crippen LogP contribution in [0.15, 0.2) is 21.2 Å². The quantitative estimate of drug-likeness (QED) is 0.817. The SMILES string of the molecule is COCC(C)NC(=O)CNC(=O)c1ccc(Br)o1. The molecule has 1 rings (SSSR count). The van der Waals surface area contributed by atoms with Gasteiger partial charge < -0.3 is 19.8 Å².